The van der Waals surface area contributed by atoms with Crippen molar-refractivity contribution in [3.05, 3.63) is 29.6 Å². The van der Waals surface area contributed by atoms with Crippen LogP contribution in [0.1, 0.15) is 0 Å². The van der Waals surface area contributed by atoms with E-state index in [1.807, 2.05) is 0 Å². The van der Waals surface area contributed by atoms with Gasteiger partial charge >= 0.3 is 0 Å². The van der Waals surface area contributed by atoms with Gasteiger partial charge in [0.25, 0.3) is 0 Å². The van der Waals surface area contributed by atoms with Gasteiger partial charge in [0.05, 0.1) is 12.2 Å². The lowest BCUT2D eigenvalue weighted by Gasteiger charge is -2.36. The van der Waals surface area contributed by atoms with E-state index in [9.17, 15) is 18.0 Å². The van der Waals surface area contributed by atoms with E-state index in [0.29, 0.717) is 6.07 Å². The normalized spacial score (nSPS) is 20.4. The topological polar surface area (TPSA) is 46.3 Å². The SMILES string of the molecule is NC1CN(c2cc(F)cc(F)c2F)C1=O. The maximum atomic E-state index is 13.2. The Morgan fingerprint density at radius 2 is 2.00 bits per heavy atom. The monoisotopic (exact) mass is 216 g/mol. The van der Waals surface area contributed by atoms with Crippen LogP contribution in [0.4, 0.5) is 18.9 Å². The summed E-state index contributed by atoms with van der Waals surface area (Å²) in [6.45, 7) is 0.0681. The number of carbonyl (C=O) groups is 1. The first-order valence-electron chi connectivity index (χ1n) is 4.22. The average Bonchev–Trinajstić information content (AvgIpc) is 2.19. The molecule has 0 radical (unpaired) electrons. The highest BCUT2D eigenvalue weighted by Gasteiger charge is 2.36. The minimum atomic E-state index is -1.32. The molecule has 1 heterocycles. The molecule has 1 aromatic rings. The minimum Gasteiger partial charge on any atom is -0.318 e. The number of rotatable bonds is 1. The third-order valence-electron chi connectivity index (χ3n) is 2.23. The first-order chi connectivity index (χ1) is 7.00. The van der Waals surface area contributed by atoms with Gasteiger partial charge in [-0.1, -0.05) is 0 Å². The quantitative estimate of drug-likeness (QED) is 0.557. The zero-order valence-corrected chi connectivity index (χ0v) is 7.51. The van der Waals surface area contributed by atoms with Gasteiger partial charge in [0, 0.05) is 12.1 Å². The third kappa shape index (κ3) is 1.46. The summed E-state index contributed by atoms with van der Waals surface area (Å²) in [6.07, 6.45) is 0. The highest BCUT2D eigenvalue weighted by molar-refractivity contribution is 6.03. The van der Waals surface area contributed by atoms with Crippen LogP contribution in [-0.4, -0.2) is 18.5 Å². The maximum Gasteiger partial charge on any atom is 0.245 e. The van der Waals surface area contributed by atoms with Crippen molar-refractivity contribution in [1.29, 1.82) is 0 Å². The number of hydrogen-bond acceptors (Lipinski definition) is 2. The van der Waals surface area contributed by atoms with Crippen LogP contribution in [-0.2, 0) is 4.79 Å². The molecule has 1 aliphatic rings. The van der Waals surface area contributed by atoms with E-state index in [1.54, 1.807) is 0 Å². The lowest BCUT2D eigenvalue weighted by Crippen LogP contribution is -2.61. The number of β-lactam (4-membered cyclic amide) rings is 1. The Hall–Kier alpha value is -1.56. The molecule has 0 saturated carbocycles. The van der Waals surface area contributed by atoms with Gasteiger partial charge in [0.2, 0.25) is 5.91 Å². The second-order valence-electron chi connectivity index (χ2n) is 3.28. The number of hydrogen-bond donors (Lipinski definition) is 1. The summed E-state index contributed by atoms with van der Waals surface area (Å²) in [5, 5.41) is 0. The molecule has 0 aromatic heterocycles. The molecular weight excluding hydrogens is 209 g/mol. The van der Waals surface area contributed by atoms with Crippen LogP contribution in [0, 0.1) is 17.5 Å². The molecule has 1 saturated heterocycles. The van der Waals surface area contributed by atoms with Crippen LogP contribution in [0.3, 0.4) is 0 Å². The van der Waals surface area contributed by atoms with Gasteiger partial charge in [-0.05, 0) is 0 Å². The summed E-state index contributed by atoms with van der Waals surface area (Å²) in [7, 11) is 0. The van der Waals surface area contributed by atoms with E-state index < -0.39 is 35.1 Å². The molecule has 6 heteroatoms. The highest BCUT2D eigenvalue weighted by atomic mass is 19.2. The molecule has 0 spiro atoms. The van der Waals surface area contributed by atoms with E-state index in [1.165, 1.54) is 0 Å². The van der Waals surface area contributed by atoms with Crippen LogP contribution in [0.5, 0.6) is 0 Å². The second kappa shape index (κ2) is 3.23. The number of nitrogens with two attached hydrogens (primary N) is 1. The van der Waals surface area contributed by atoms with Crippen molar-refractivity contribution in [3.8, 4) is 0 Å². The first kappa shape index (κ1) is 9.97. The summed E-state index contributed by atoms with van der Waals surface area (Å²) in [4.78, 5) is 12.0. The number of nitrogens with zero attached hydrogens (tertiary/aromatic N) is 1. The van der Waals surface area contributed by atoms with Gasteiger partial charge in [0.15, 0.2) is 11.6 Å². The van der Waals surface area contributed by atoms with Gasteiger partial charge < -0.3 is 10.6 Å². The third-order valence-corrected chi connectivity index (χ3v) is 2.23. The summed E-state index contributed by atoms with van der Waals surface area (Å²) in [5.41, 5.74) is 4.87. The van der Waals surface area contributed by atoms with Crippen molar-refractivity contribution in [1.82, 2.24) is 0 Å². The predicted molar refractivity (Wildman–Crippen MR) is 46.6 cm³/mol. The molecule has 1 amide bonds. The van der Waals surface area contributed by atoms with E-state index in [2.05, 4.69) is 0 Å². The van der Waals surface area contributed by atoms with Crippen LogP contribution < -0.4 is 10.6 Å². The fourth-order valence-corrected chi connectivity index (χ4v) is 1.41. The molecule has 0 aliphatic carbocycles. The summed E-state index contributed by atoms with van der Waals surface area (Å²) >= 11 is 0. The van der Waals surface area contributed by atoms with Crippen molar-refractivity contribution in [3.63, 3.8) is 0 Å². The molecule has 80 valence electrons. The Morgan fingerprint density at radius 3 is 2.53 bits per heavy atom. The van der Waals surface area contributed by atoms with Crippen LogP contribution >= 0.6 is 0 Å². The number of carbonyl (C=O) groups excluding carboxylic acids is 1. The van der Waals surface area contributed by atoms with Gasteiger partial charge in [-0.15, -0.1) is 0 Å². The zero-order valence-electron chi connectivity index (χ0n) is 7.51. The Morgan fingerprint density at radius 1 is 1.33 bits per heavy atom. The summed E-state index contributed by atoms with van der Waals surface area (Å²) < 4.78 is 38.8. The number of anilines is 1. The summed E-state index contributed by atoms with van der Waals surface area (Å²) in [6, 6.07) is 0.473. The smallest absolute Gasteiger partial charge is 0.245 e. The number of amides is 1. The molecule has 0 bridgehead atoms. The zero-order chi connectivity index (χ0) is 11.2. The molecule has 15 heavy (non-hydrogen) atoms. The first-order valence-corrected chi connectivity index (χ1v) is 4.22. The van der Waals surface area contributed by atoms with Gasteiger partial charge in [-0.3, -0.25) is 4.79 Å². The van der Waals surface area contributed by atoms with E-state index >= 15 is 0 Å². The Balaban J connectivity index is 2.41. The Bertz CT molecular complexity index is 436. The van der Waals surface area contributed by atoms with E-state index in [-0.39, 0.29) is 6.54 Å². The Kier molecular flexibility index (Phi) is 2.15. The molecule has 2 N–H and O–H groups in total. The van der Waals surface area contributed by atoms with E-state index in [4.69, 9.17) is 5.73 Å². The average molecular weight is 216 g/mol. The van der Waals surface area contributed by atoms with Crippen molar-refractivity contribution in [2.75, 3.05) is 11.4 Å². The molecular formula is C9H7F3N2O. The molecule has 1 aromatic carbocycles. The fourth-order valence-electron chi connectivity index (χ4n) is 1.41. The van der Waals surface area contributed by atoms with Gasteiger partial charge in [-0.25, -0.2) is 13.2 Å². The van der Waals surface area contributed by atoms with Crippen molar-refractivity contribution >= 4 is 11.6 Å². The molecule has 3 nitrogen and oxygen atoms in total. The predicted octanol–water partition coefficient (Wildman–Crippen LogP) is 0.778. The maximum absolute atomic E-state index is 13.2. The summed E-state index contributed by atoms with van der Waals surface area (Å²) in [5.74, 6) is -4.04. The largest absolute Gasteiger partial charge is 0.318 e. The number of halogens is 3. The molecule has 1 fully saturated rings. The fraction of sp³-hybridized carbons (Fsp3) is 0.222. The highest BCUT2D eigenvalue weighted by Crippen LogP contribution is 2.27. The minimum absolute atomic E-state index is 0.0681. The van der Waals surface area contributed by atoms with E-state index in [0.717, 1.165) is 11.0 Å². The van der Waals surface area contributed by atoms with Crippen molar-refractivity contribution < 1.29 is 18.0 Å². The lowest BCUT2D eigenvalue weighted by molar-refractivity contribution is -0.123. The lowest BCUT2D eigenvalue weighted by atomic mass is 10.1. The van der Waals surface area contributed by atoms with Crippen LogP contribution in [0.2, 0.25) is 0 Å². The van der Waals surface area contributed by atoms with Crippen LogP contribution in [0.15, 0.2) is 12.1 Å². The van der Waals surface area contributed by atoms with Crippen molar-refractivity contribution in [2.24, 2.45) is 5.73 Å². The Labute approximate surface area is 83.3 Å². The molecule has 1 atom stereocenters. The number of benzene rings is 1. The standard InChI is InChI=1S/C9H7F3N2O/c10-4-1-5(11)8(12)7(2-4)14-3-6(13)9(14)15/h1-2,6H,3,13H2. The molecule has 2 rings (SSSR count). The molecule has 1 unspecified atom stereocenters. The van der Waals surface area contributed by atoms with Gasteiger partial charge in [0.1, 0.15) is 11.9 Å². The second-order valence-corrected chi connectivity index (χ2v) is 3.28. The van der Waals surface area contributed by atoms with Gasteiger partial charge in [-0.2, -0.15) is 0 Å². The van der Waals surface area contributed by atoms with Crippen molar-refractivity contribution in [2.45, 2.75) is 6.04 Å². The molecule has 1 aliphatic heterocycles. The van der Waals surface area contributed by atoms with Crippen LogP contribution in [0.25, 0.3) is 0 Å².